The van der Waals surface area contributed by atoms with Crippen LogP contribution >= 0.6 is 22.7 Å². The molecule has 0 aliphatic rings. The van der Waals surface area contributed by atoms with Gasteiger partial charge in [-0.1, -0.05) is 40.9 Å². The molecule has 0 atom stereocenters. The summed E-state index contributed by atoms with van der Waals surface area (Å²) in [6.07, 6.45) is 4.74. The van der Waals surface area contributed by atoms with Gasteiger partial charge < -0.3 is 31.8 Å². The minimum Gasteiger partial charge on any atom is -0.496 e. The quantitative estimate of drug-likeness (QED) is 0.105. The molecule has 15 aromatic rings. The fraction of sp³-hybridized carbons (Fsp3) is 0.0800. The van der Waals surface area contributed by atoms with E-state index in [1.807, 2.05) is 38.1 Å². The van der Waals surface area contributed by atoms with E-state index in [9.17, 15) is 40.7 Å². The SMILES string of the molecule is COc1ccc(-c2nnc(C)o2)cc1-c1c(=O)ccn2c(-c3ccc(F)cc3F)cccc12.COc1ccc(-c2nnc(C)s2)cc1-c1c(=O)ccn2c(-c3ccc(F)cc3F)cccc12.COc1ccc(-c2nnc(C)s2)cc1-c1c(=O)ccn2c(-c3ccc(F)cc3F)cccc12. The van der Waals surface area contributed by atoms with Crippen molar-refractivity contribution in [3.05, 3.63) is 282 Å². The Bertz CT molecular complexity index is 5290. The summed E-state index contributed by atoms with van der Waals surface area (Å²) < 4.78 is 111. The maximum Gasteiger partial charge on any atom is 0.247 e. The number of aryl methyl sites for hydroxylation is 3. The van der Waals surface area contributed by atoms with Gasteiger partial charge in [0, 0.05) is 112 Å². The van der Waals surface area contributed by atoms with Crippen LogP contribution in [0.3, 0.4) is 0 Å². The van der Waals surface area contributed by atoms with Crippen LogP contribution in [-0.4, -0.2) is 65.1 Å². The lowest BCUT2D eigenvalue weighted by Gasteiger charge is -2.15. The molecule has 0 unspecified atom stereocenters. The van der Waals surface area contributed by atoms with Gasteiger partial charge in [-0.15, -0.1) is 30.6 Å². The number of halogens is 6. The van der Waals surface area contributed by atoms with E-state index in [-0.39, 0.29) is 33.0 Å². The first-order valence-electron chi connectivity index (χ1n) is 30.1. The molecule has 0 fully saturated rings. The lowest BCUT2D eigenvalue weighted by Crippen LogP contribution is -2.09. The molecule has 0 aliphatic heterocycles. The third-order valence-corrected chi connectivity index (χ3v) is 17.8. The molecule has 492 valence electrons. The molecular formula is C75H51F6N9O7S2. The number of rotatable bonds is 12. The fourth-order valence-corrected chi connectivity index (χ4v) is 13.0. The first kappa shape index (κ1) is 65.5. The van der Waals surface area contributed by atoms with Crippen molar-refractivity contribution in [1.29, 1.82) is 0 Å². The minimum atomic E-state index is -0.700. The third kappa shape index (κ3) is 13.0. The van der Waals surface area contributed by atoms with E-state index in [1.165, 1.54) is 98.6 Å². The Morgan fingerprint density at radius 1 is 0.364 bits per heavy atom. The molecule has 9 aromatic heterocycles. The van der Waals surface area contributed by atoms with Gasteiger partial charge in [0.2, 0.25) is 11.8 Å². The third-order valence-electron chi connectivity index (χ3n) is 16.1. The summed E-state index contributed by atoms with van der Waals surface area (Å²) in [7, 11) is 4.59. The Hall–Kier alpha value is -12.2. The first-order chi connectivity index (χ1) is 47.9. The number of fused-ring (bicyclic) bond motifs is 3. The number of nitrogens with zero attached hydrogens (tertiary/aromatic N) is 9. The monoisotopic (exact) mass is 1370 g/mol. The van der Waals surface area contributed by atoms with Crippen molar-refractivity contribution in [3.8, 4) is 117 Å². The second-order valence-electron chi connectivity index (χ2n) is 22.2. The molecule has 9 heterocycles. The van der Waals surface area contributed by atoms with Crippen LogP contribution in [-0.2, 0) is 0 Å². The average molecular weight is 1370 g/mol. The average Bonchev–Trinajstić information content (AvgIpc) is 0.986. The second-order valence-corrected chi connectivity index (χ2v) is 24.5. The first-order valence-corrected chi connectivity index (χ1v) is 31.8. The van der Waals surface area contributed by atoms with Crippen LogP contribution in [0.25, 0.3) is 116 Å². The van der Waals surface area contributed by atoms with Crippen molar-refractivity contribution < 1.29 is 45.0 Å². The Balaban J connectivity index is 0.000000133. The smallest absolute Gasteiger partial charge is 0.247 e. The minimum absolute atomic E-state index is 0.207. The van der Waals surface area contributed by atoms with Gasteiger partial charge in [0.15, 0.2) is 16.3 Å². The Labute approximate surface area is 566 Å². The molecule has 0 amide bonds. The number of methoxy groups -OCH3 is 3. The summed E-state index contributed by atoms with van der Waals surface area (Å²) in [5.74, 6) is -1.82. The summed E-state index contributed by atoms with van der Waals surface area (Å²) in [6, 6.07) is 46.4. The largest absolute Gasteiger partial charge is 0.496 e. The van der Waals surface area contributed by atoms with Gasteiger partial charge >= 0.3 is 0 Å². The molecule has 24 heteroatoms. The van der Waals surface area contributed by atoms with Crippen molar-refractivity contribution in [2.45, 2.75) is 20.8 Å². The van der Waals surface area contributed by atoms with Gasteiger partial charge in [-0.05, 0) is 141 Å². The maximum absolute atomic E-state index is 14.6. The highest BCUT2D eigenvalue weighted by atomic mass is 32.1. The van der Waals surface area contributed by atoms with Crippen LogP contribution in [0.15, 0.2) is 219 Å². The maximum atomic E-state index is 14.6. The molecular weight excluding hydrogens is 1320 g/mol. The number of aromatic nitrogens is 9. The van der Waals surface area contributed by atoms with E-state index in [4.69, 9.17) is 18.6 Å². The Kier molecular flexibility index (Phi) is 18.2. The molecule has 15 rings (SSSR count). The van der Waals surface area contributed by atoms with Crippen LogP contribution in [0.2, 0.25) is 0 Å². The van der Waals surface area contributed by atoms with Crippen molar-refractivity contribution in [1.82, 2.24) is 43.8 Å². The van der Waals surface area contributed by atoms with E-state index in [1.54, 1.807) is 124 Å². The van der Waals surface area contributed by atoms with Crippen LogP contribution in [0, 0.1) is 55.7 Å². The molecule has 6 aromatic carbocycles. The molecule has 0 spiro atoms. The fourth-order valence-electron chi connectivity index (χ4n) is 11.6. The number of benzene rings is 6. The van der Waals surface area contributed by atoms with Gasteiger partial charge in [0.1, 0.15) is 72.2 Å². The molecule has 0 aliphatic carbocycles. The highest BCUT2D eigenvalue weighted by Gasteiger charge is 2.23. The molecule has 0 saturated heterocycles. The van der Waals surface area contributed by atoms with Crippen molar-refractivity contribution in [2.24, 2.45) is 0 Å². The molecule has 0 radical (unpaired) electrons. The predicted molar refractivity (Wildman–Crippen MR) is 368 cm³/mol. The van der Waals surface area contributed by atoms with Gasteiger partial charge in [0.05, 0.1) is 71.7 Å². The number of pyridine rings is 6. The van der Waals surface area contributed by atoms with Gasteiger partial charge in [-0.25, -0.2) is 26.3 Å². The lowest BCUT2D eigenvalue weighted by molar-refractivity contribution is 0.416. The summed E-state index contributed by atoms with van der Waals surface area (Å²) >= 11 is 2.90. The summed E-state index contributed by atoms with van der Waals surface area (Å²) in [6.45, 7) is 5.44. The van der Waals surface area contributed by atoms with Crippen LogP contribution in [0.1, 0.15) is 15.9 Å². The van der Waals surface area contributed by atoms with Crippen molar-refractivity contribution in [3.63, 3.8) is 0 Å². The molecule has 0 bridgehead atoms. The van der Waals surface area contributed by atoms with E-state index in [2.05, 4.69) is 30.6 Å². The van der Waals surface area contributed by atoms with Crippen LogP contribution in [0.4, 0.5) is 26.3 Å². The summed E-state index contributed by atoms with van der Waals surface area (Å²) in [5, 5.41) is 27.6. The van der Waals surface area contributed by atoms with E-state index < -0.39 is 34.9 Å². The van der Waals surface area contributed by atoms with Gasteiger partial charge in [-0.3, -0.25) is 14.4 Å². The molecule has 99 heavy (non-hydrogen) atoms. The zero-order valence-electron chi connectivity index (χ0n) is 53.0. The zero-order chi connectivity index (χ0) is 69.3. The van der Waals surface area contributed by atoms with Gasteiger partial charge in [0.25, 0.3) is 0 Å². The number of hydrogen-bond acceptors (Lipinski definition) is 15. The zero-order valence-corrected chi connectivity index (χ0v) is 54.7. The van der Waals surface area contributed by atoms with Crippen molar-refractivity contribution >= 4 is 39.2 Å². The normalized spacial score (nSPS) is 11.2. The van der Waals surface area contributed by atoms with Gasteiger partial charge in [-0.2, -0.15) is 0 Å². The van der Waals surface area contributed by atoms with Crippen LogP contribution in [0.5, 0.6) is 17.2 Å². The van der Waals surface area contributed by atoms with E-state index in [0.29, 0.717) is 102 Å². The molecule has 16 nitrogen and oxygen atoms in total. The highest BCUT2D eigenvalue weighted by molar-refractivity contribution is 7.14. The highest BCUT2D eigenvalue weighted by Crippen LogP contribution is 2.41. The lowest BCUT2D eigenvalue weighted by atomic mass is 9.99. The van der Waals surface area contributed by atoms with E-state index in [0.717, 1.165) is 49.4 Å². The van der Waals surface area contributed by atoms with E-state index >= 15 is 0 Å². The number of ether oxygens (including phenoxy) is 3. The van der Waals surface area contributed by atoms with Crippen LogP contribution < -0.4 is 30.5 Å². The Morgan fingerprint density at radius 3 is 1.01 bits per heavy atom. The topological polar surface area (TPSA) is 183 Å². The second kappa shape index (κ2) is 27.5. The van der Waals surface area contributed by atoms with Crippen molar-refractivity contribution in [2.75, 3.05) is 21.3 Å². The standard InChI is InChI=1S/C25H17F2N3O3.2C25H17F2N3O2S/c3*1-14-28-29-25(33-14)15-6-9-23(32-2)18(12-15)24-21-5-3-4-20(30(21)11-10-22(24)31)17-8-7-16(26)13-19(17)27/h3*3-13H,1-2H3. The Morgan fingerprint density at radius 2 is 0.707 bits per heavy atom. The summed E-state index contributed by atoms with van der Waals surface area (Å²) in [5.41, 5.74) is 8.16. The molecule has 0 saturated carbocycles. The number of hydrogen-bond donors (Lipinski definition) is 0. The molecule has 0 N–H and O–H groups in total. The predicted octanol–water partition coefficient (Wildman–Crippen LogP) is 16.8. The summed E-state index contributed by atoms with van der Waals surface area (Å²) in [4.78, 5) is 39.3.